The number of nitrogens with one attached hydrogen (secondary N) is 1. The van der Waals surface area contributed by atoms with Gasteiger partial charge in [-0.05, 0) is 12.5 Å². The summed E-state index contributed by atoms with van der Waals surface area (Å²) < 4.78 is 29.5. The molecular weight excluding hydrogens is 276 g/mol. The minimum absolute atomic E-state index is 0.124. The first kappa shape index (κ1) is 13.6. The minimum Gasteiger partial charge on any atom is -0.271 e. The molecule has 1 unspecified atom stereocenters. The second kappa shape index (κ2) is 5.19. The molecular formula is C14H13F2N5. The second-order valence-corrected chi connectivity index (χ2v) is 4.71. The van der Waals surface area contributed by atoms with Crippen molar-refractivity contribution in [2.75, 3.05) is 0 Å². The van der Waals surface area contributed by atoms with Gasteiger partial charge in [-0.2, -0.15) is 5.10 Å². The van der Waals surface area contributed by atoms with Crippen molar-refractivity contribution in [3.8, 4) is 0 Å². The fourth-order valence-corrected chi connectivity index (χ4v) is 2.31. The quantitative estimate of drug-likeness (QED) is 0.570. The van der Waals surface area contributed by atoms with Gasteiger partial charge in [0.2, 0.25) is 0 Å². The highest BCUT2D eigenvalue weighted by Gasteiger charge is 2.23. The SMILES string of the molecule is Cc1ccc(C(NN)c2cnn3ccncc23)c(F)c1F. The van der Waals surface area contributed by atoms with Crippen molar-refractivity contribution < 1.29 is 8.78 Å². The molecule has 0 fully saturated rings. The van der Waals surface area contributed by atoms with E-state index < -0.39 is 17.7 Å². The van der Waals surface area contributed by atoms with Crippen LogP contribution in [0.3, 0.4) is 0 Å². The Morgan fingerprint density at radius 2 is 2.00 bits per heavy atom. The van der Waals surface area contributed by atoms with Gasteiger partial charge in [-0.3, -0.25) is 10.8 Å². The number of aryl methyl sites for hydroxylation is 1. The molecule has 1 atom stereocenters. The molecule has 2 aromatic heterocycles. The van der Waals surface area contributed by atoms with E-state index in [4.69, 9.17) is 5.84 Å². The number of rotatable bonds is 3. The number of hydrogen-bond acceptors (Lipinski definition) is 4. The summed E-state index contributed by atoms with van der Waals surface area (Å²) in [4.78, 5) is 4.01. The highest BCUT2D eigenvalue weighted by atomic mass is 19.2. The van der Waals surface area contributed by atoms with Crippen LogP contribution in [0.2, 0.25) is 0 Å². The van der Waals surface area contributed by atoms with Crippen molar-refractivity contribution in [3.63, 3.8) is 0 Å². The van der Waals surface area contributed by atoms with Gasteiger partial charge in [0.25, 0.3) is 0 Å². The van der Waals surface area contributed by atoms with Crippen LogP contribution in [-0.2, 0) is 0 Å². The summed E-state index contributed by atoms with van der Waals surface area (Å²) in [6.45, 7) is 1.51. The lowest BCUT2D eigenvalue weighted by Crippen LogP contribution is -2.29. The summed E-state index contributed by atoms with van der Waals surface area (Å²) in [6.07, 6.45) is 6.40. The van der Waals surface area contributed by atoms with E-state index in [-0.39, 0.29) is 11.1 Å². The van der Waals surface area contributed by atoms with Crippen molar-refractivity contribution in [2.45, 2.75) is 13.0 Å². The topological polar surface area (TPSA) is 68.2 Å². The number of hydrazine groups is 1. The Hall–Kier alpha value is -2.38. The lowest BCUT2D eigenvalue weighted by molar-refractivity contribution is 0.479. The van der Waals surface area contributed by atoms with Crippen LogP contribution in [0.5, 0.6) is 0 Å². The fourth-order valence-electron chi connectivity index (χ4n) is 2.31. The average molecular weight is 289 g/mol. The van der Waals surface area contributed by atoms with Crippen LogP contribution in [0.15, 0.2) is 36.9 Å². The van der Waals surface area contributed by atoms with E-state index in [1.807, 2.05) is 0 Å². The Kier molecular flexibility index (Phi) is 3.36. The van der Waals surface area contributed by atoms with Gasteiger partial charge in [-0.15, -0.1) is 0 Å². The number of halogens is 2. The third-order valence-corrected chi connectivity index (χ3v) is 3.45. The summed E-state index contributed by atoms with van der Waals surface area (Å²) in [5.74, 6) is 3.76. The molecule has 3 aromatic rings. The van der Waals surface area contributed by atoms with E-state index >= 15 is 0 Å². The van der Waals surface area contributed by atoms with Crippen LogP contribution in [0.1, 0.15) is 22.7 Å². The largest absolute Gasteiger partial charge is 0.271 e. The van der Waals surface area contributed by atoms with E-state index in [9.17, 15) is 8.78 Å². The van der Waals surface area contributed by atoms with Crippen LogP contribution in [0.25, 0.3) is 5.52 Å². The van der Waals surface area contributed by atoms with Crippen molar-refractivity contribution in [1.82, 2.24) is 20.0 Å². The standard InChI is InChI=1S/C14H13F2N5/c1-8-2-3-9(13(16)12(8)15)14(20-17)10-6-19-21-5-4-18-7-11(10)21/h2-7,14,20H,17H2,1H3. The molecule has 0 aliphatic rings. The normalized spacial score (nSPS) is 12.8. The van der Waals surface area contributed by atoms with Crippen molar-refractivity contribution >= 4 is 5.52 Å². The molecule has 108 valence electrons. The molecule has 0 bridgehead atoms. The number of hydrogen-bond donors (Lipinski definition) is 2. The molecule has 21 heavy (non-hydrogen) atoms. The molecule has 0 spiro atoms. The Morgan fingerprint density at radius 1 is 1.19 bits per heavy atom. The number of nitrogens with two attached hydrogens (primary N) is 1. The fraction of sp³-hybridized carbons (Fsp3) is 0.143. The third kappa shape index (κ3) is 2.16. The van der Waals surface area contributed by atoms with Crippen LogP contribution < -0.4 is 11.3 Å². The highest BCUT2D eigenvalue weighted by Crippen LogP contribution is 2.28. The zero-order valence-electron chi connectivity index (χ0n) is 11.2. The molecule has 0 radical (unpaired) electrons. The minimum atomic E-state index is -0.916. The predicted molar refractivity (Wildman–Crippen MR) is 73.2 cm³/mol. The van der Waals surface area contributed by atoms with Crippen molar-refractivity contribution in [1.29, 1.82) is 0 Å². The number of benzene rings is 1. The first-order valence-corrected chi connectivity index (χ1v) is 6.31. The van der Waals surface area contributed by atoms with Gasteiger partial charge < -0.3 is 0 Å². The summed E-state index contributed by atoms with van der Waals surface area (Å²) >= 11 is 0. The van der Waals surface area contributed by atoms with Crippen LogP contribution in [0, 0.1) is 18.6 Å². The molecule has 2 heterocycles. The van der Waals surface area contributed by atoms with Crippen molar-refractivity contribution in [2.24, 2.45) is 5.84 Å². The van der Waals surface area contributed by atoms with Gasteiger partial charge in [0.05, 0.1) is 24.0 Å². The Morgan fingerprint density at radius 3 is 2.76 bits per heavy atom. The van der Waals surface area contributed by atoms with Gasteiger partial charge in [0.1, 0.15) is 0 Å². The van der Waals surface area contributed by atoms with Crippen molar-refractivity contribution in [3.05, 3.63) is 65.2 Å². The summed E-state index contributed by atoms with van der Waals surface area (Å²) in [5.41, 5.74) is 4.17. The molecule has 0 aliphatic carbocycles. The van der Waals surface area contributed by atoms with E-state index in [0.29, 0.717) is 11.1 Å². The summed E-state index contributed by atoms with van der Waals surface area (Å²) in [7, 11) is 0. The molecule has 3 N–H and O–H groups in total. The zero-order chi connectivity index (χ0) is 15.0. The van der Waals surface area contributed by atoms with E-state index in [1.54, 1.807) is 29.3 Å². The van der Waals surface area contributed by atoms with Crippen LogP contribution >= 0.6 is 0 Å². The van der Waals surface area contributed by atoms with Crippen LogP contribution in [0.4, 0.5) is 8.78 Å². The molecule has 3 rings (SSSR count). The van der Waals surface area contributed by atoms with E-state index in [2.05, 4.69) is 15.5 Å². The van der Waals surface area contributed by atoms with Gasteiger partial charge >= 0.3 is 0 Å². The predicted octanol–water partition coefficient (Wildman–Crippen LogP) is 1.87. The first-order chi connectivity index (χ1) is 10.1. The maximum Gasteiger partial charge on any atom is 0.164 e. The number of aromatic nitrogens is 3. The zero-order valence-corrected chi connectivity index (χ0v) is 11.2. The maximum atomic E-state index is 14.2. The van der Waals surface area contributed by atoms with Gasteiger partial charge in [-0.1, -0.05) is 12.1 Å². The molecule has 1 aromatic carbocycles. The lowest BCUT2D eigenvalue weighted by Gasteiger charge is -2.17. The highest BCUT2D eigenvalue weighted by molar-refractivity contribution is 5.55. The van der Waals surface area contributed by atoms with E-state index in [1.165, 1.54) is 19.1 Å². The van der Waals surface area contributed by atoms with Gasteiger partial charge in [0.15, 0.2) is 11.6 Å². The Balaban J connectivity index is 2.17. The number of fused-ring (bicyclic) bond motifs is 1. The molecule has 5 nitrogen and oxygen atoms in total. The average Bonchev–Trinajstić information content (AvgIpc) is 2.92. The van der Waals surface area contributed by atoms with Crippen LogP contribution in [-0.4, -0.2) is 14.6 Å². The van der Waals surface area contributed by atoms with Gasteiger partial charge in [0, 0.05) is 23.5 Å². The smallest absolute Gasteiger partial charge is 0.164 e. The number of nitrogens with zero attached hydrogens (tertiary/aromatic N) is 3. The van der Waals surface area contributed by atoms with Gasteiger partial charge in [-0.25, -0.2) is 18.7 Å². The molecule has 0 saturated carbocycles. The molecule has 0 saturated heterocycles. The Bertz CT molecular complexity index is 799. The summed E-state index contributed by atoms with van der Waals surface area (Å²) in [6, 6.07) is 2.31. The maximum absolute atomic E-state index is 14.2. The summed E-state index contributed by atoms with van der Waals surface area (Å²) in [5, 5.41) is 4.15. The third-order valence-electron chi connectivity index (χ3n) is 3.45. The lowest BCUT2D eigenvalue weighted by atomic mass is 9.98. The van der Waals surface area contributed by atoms with E-state index in [0.717, 1.165) is 0 Å². The monoisotopic (exact) mass is 289 g/mol. The molecule has 7 heteroatoms. The first-order valence-electron chi connectivity index (χ1n) is 6.31. The molecule has 0 aliphatic heterocycles. The Labute approximate surface area is 119 Å². The molecule has 0 amide bonds. The second-order valence-electron chi connectivity index (χ2n) is 4.71.